The van der Waals surface area contributed by atoms with E-state index in [1.165, 1.54) is 0 Å². The number of hydrogen-bond acceptors (Lipinski definition) is 5. The van der Waals surface area contributed by atoms with Gasteiger partial charge in [0.2, 0.25) is 5.95 Å². The van der Waals surface area contributed by atoms with Gasteiger partial charge in [-0.15, -0.1) is 0 Å². The smallest absolute Gasteiger partial charge is 0.224 e. The molecule has 0 unspecified atom stereocenters. The molecule has 5 nitrogen and oxygen atoms in total. The SMILES string of the molecule is CNc1nc(NCCOC)c2ccccc2n1. The molecule has 0 aliphatic carbocycles. The molecule has 1 heterocycles. The van der Waals surface area contributed by atoms with Crippen LogP contribution in [0, 0.1) is 0 Å². The van der Waals surface area contributed by atoms with Crippen LogP contribution in [-0.2, 0) is 4.74 Å². The quantitative estimate of drug-likeness (QED) is 0.769. The lowest BCUT2D eigenvalue weighted by atomic mass is 10.2. The van der Waals surface area contributed by atoms with Crippen molar-refractivity contribution < 1.29 is 4.74 Å². The van der Waals surface area contributed by atoms with E-state index in [2.05, 4.69) is 20.6 Å². The van der Waals surface area contributed by atoms with Crippen LogP contribution in [0.5, 0.6) is 0 Å². The third-order valence-electron chi connectivity index (χ3n) is 2.43. The van der Waals surface area contributed by atoms with Crippen LogP contribution in [-0.4, -0.2) is 37.3 Å². The number of nitrogens with zero attached hydrogens (tertiary/aromatic N) is 2. The van der Waals surface area contributed by atoms with Crippen LogP contribution in [0.3, 0.4) is 0 Å². The highest BCUT2D eigenvalue weighted by Gasteiger charge is 2.05. The number of aromatic nitrogens is 2. The van der Waals surface area contributed by atoms with Gasteiger partial charge < -0.3 is 15.4 Å². The number of anilines is 2. The fraction of sp³-hybridized carbons (Fsp3) is 0.333. The summed E-state index contributed by atoms with van der Waals surface area (Å²) in [6, 6.07) is 7.92. The molecule has 0 radical (unpaired) electrons. The number of fused-ring (bicyclic) bond motifs is 1. The summed E-state index contributed by atoms with van der Waals surface area (Å²) in [6.07, 6.45) is 0. The summed E-state index contributed by atoms with van der Waals surface area (Å²) in [7, 11) is 3.49. The fourth-order valence-corrected chi connectivity index (χ4v) is 1.59. The summed E-state index contributed by atoms with van der Waals surface area (Å²) in [4.78, 5) is 8.79. The number of rotatable bonds is 5. The molecule has 1 aromatic carbocycles. The normalized spacial score (nSPS) is 10.5. The van der Waals surface area contributed by atoms with Crippen molar-refractivity contribution >= 4 is 22.7 Å². The van der Waals surface area contributed by atoms with Gasteiger partial charge >= 0.3 is 0 Å². The molecule has 2 aromatic rings. The Morgan fingerprint density at radius 2 is 2.06 bits per heavy atom. The number of nitrogens with one attached hydrogen (secondary N) is 2. The maximum atomic E-state index is 5.01. The van der Waals surface area contributed by atoms with Crippen molar-refractivity contribution in [3.63, 3.8) is 0 Å². The summed E-state index contributed by atoms with van der Waals surface area (Å²) < 4.78 is 5.01. The van der Waals surface area contributed by atoms with Crippen LogP contribution < -0.4 is 10.6 Å². The summed E-state index contributed by atoms with van der Waals surface area (Å²) in [6.45, 7) is 1.37. The highest BCUT2D eigenvalue weighted by molar-refractivity contribution is 5.89. The van der Waals surface area contributed by atoms with E-state index in [4.69, 9.17) is 4.74 Å². The van der Waals surface area contributed by atoms with Gasteiger partial charge in [0.1, 0.15) is 5.82 Å². The number of hydrogen-bond donors (Lipinski definition) is 2. The first-order valence-electron chi connectivity index (χ1n) is 5.52. The van der Waals surface area contributed by atoms with E-state index >= 15 is 0 Å². The molecule has 17 heavy (non-hydrogen) atoms. The Morgan fingerprint density at radius 1 is 1.24 bits per heavy atom. The summed E-state index contributed by atoms with van der Waals surface area (Å²) in [5, 5.41) is 7.22. The van der Waals surface area contributed by atoms with E-state index < -0.39 is 0 Å². The van der Waals surface area contributed by atoms with Crippen LogP contribution in [0.4, 0.5) is 11.8 Å². The molecule has 2 rings (SSSR count). The van der Waals surface area contributed by atoms with Gasteiger partial charge in [-0.2, -0.15) is 4.98 Å². The van der Waals surface area contributed by atoms with Gasteiger partial charge in [0.15, 0.2) is 0 Å². The Kier molecular flexibility index (Phi) is 3.72. The van der Waals surface area contributed by atoms with Gasteiger partial charge in [-0.3, -0.25) is 0 Å². The predicted octanol–water partition coefficient (Wildman–Crippen LogP) is 1.73. The van der Waals surface area contributed by atoms with Crippen molar-refractivity contribution in [2.24, 2.45) is 0 Å². The van der Waals surface area contributed by atoms with E-state index in [0.717, 1.165) is 23.3 Å². The van der Waals surface area contributed by atoms with E-state index in [0.29, 0.717) is 12.6 Å². The molecule has 0 spiro atoms. The topological polar surface area (TPSA) is 59.1 Å². The van der Waals surface area contributed by atoms with Crippen molar-refractivity contribution in [1.82, 2.24) is 9.97 Å². The van der Waals surface area contributed by atoms with Crippen LogP contribution in [0.2, 0.25) is 0 Å². The maximum Gasteiger partial charge on any atom is 0.224 e. The standard InChI is InChI=1S/C12H16N4O/c1-13-12-15-10-6-4-3-5-9(10)11(16-12)14-7-8-17-2/h3-6H,7-8H2,1-2H3,(H2,13,14,15,16). The average molecular weight is 232 g/mol. The average Bonchev–Trinajstić information content (AvgIpc) is 2.38. The Labute approximate surface area is 100 Å². The molecule has 0 amide bonds. The van der Waals surface area contributed by atoms with E-state index in [-0.39, 0.29) is 0 Å². The molecule has 0 bridgehead atoms. The molecule has 90 valence electrons. The van der Waals surface area contributed by atoms with Crippen molar-refractivity contribution in [2.45, 2.75) is 0 Å². The Hall–Kier alpha value is -1.88. The molecule has 1 aromatic heterocycles. The first-order valence-corrected chi connectivity index (χ1v) is 5.52. The Morgan fingerprint density at radius 3 is 2.82 bits per heavy atom. The lowest BCUT2D eigenvalue weighted by Gasteiger charge is -2.09. The highest BCUT2D eigenvalue weighted by atomic mass is 16.5. The molecular weight excluding hydrogens is 216 g/mol. The molecule has 5 heteroatoms. The lowest BCUT2D eigenvalue weighted by Crippen LogP contribution is -2.10. The zero-order valence-electron chi connectivity index (χ0n) is 10.0. The summed E-state index contributed by atoms with van der Waals surface area (Å²) in [5.74, 6) is 1.45. The zero-order valence-corrected chi connectivity index (χ0v) is 10.0. The molecule has 0 fully saturated rings. The van der Waals surface area contributed by atoms with Gasteiger partial charge in [0, 0.05) is 26.1 Å². The van der Waals surface area contributed by atoms with Gasteiger partial charge in [-0.1, -0.05) is 12.1 Å². The van der Waals surface area contributed by atoms with Crippen LogP contribution in [0.15, 0.2) is 24.3 Å². The number of benzene rings is 1. The van der Waals surface area contributed by atoms with Crippen LogP contribution in [0.1, 0.15) is 0 Å². The van der Waals surface area contributed by atoms with E-state index in [9.17, 15) is 0 Å². The van der Waals surface area contributed by atoms with Crippen LogP contribution >= 0.6 is 0 Å². The monoisotopic (exact) mass is 232 g/mol. The van der Waals surface area contributed by atoms with E-state index in [1.807, 2.05) is 31.3 Å². The largest absolute Gasteiger partial charge is 0.383 e. The number of ether oxygens (including phenoxy) is 1. The first-order chi connectivity index (χ1) is 8.35. The molecule has 0 saturated heterocycles. The zero-order chi connectivity index (χ0) is 12.1. The molecule has 0 aliphatic rings. The molecule has 0 saturated carbocycles. The Bertz CT molecular complexity index is 501. The van der Waals surface area contributed by atoms with Crippen molar-refractivity contribution in [3.05, 3.63) is 24.3 Å². The Balaban J connectivity index is 2.36. The minimum Gasteiger partial charge on any atom is -0.383 e. The second kappa shape index (κ2) is 5.45. The van der Waals surface area contributed by atoms with Gasteiger partial charge in [0.05, 0.1) is 12.1 Å². The lowest BCUT2D eigenvalue weighted by molar-refractivity contribution is 0.210. The third-order valence-corrected chi connectivity index (χ3v) is 2.43. The minimum atomic E-state index is 0.614. The van der Waals surface area contributed by atoms with Gasteiger partial charge in [0.25, 0.3) is 0 Å². The second-order valence-electron chi connectivity index (χ2n) is 3.58. The molecule has 2 N–H and O–H groups in total. The van der Waals surface area contributed by atoms with Crippen molar-refractivity contribution in [1.29, 1.82) is 0 Å². The highest BCUT2D eigenvalue weighted by Crippen LogP contribution is 2.21. The molecule has 0 aliphatic heterocycles. The van der Waals surface area contributed by atoms with Crippen LogP contribution in [0.25, 0.3) is 10.9 Å². The number of methoxy groups -OCH3 is 1. The second-order valence-corrected chi connectivity index (χ2v) is 3.58. The van der Waals surface area contributed by atoms with Gasteiger partial charge in [-0.25, -0.2) is 4.98 Å². The van der Waals surface area contributed by atoms with Gasteiger partial charge in [-0.05, 0) is 12.1 Å². The third kappa shape index (κ3) is 2.62. The minimum absolute atomic E-state index is 0.614. The summed E-state index contributed by atoms with van der Waals surface area (Å²) >= 11 is 0. The predicted molar refractivity (Wildman–Crippen MR) is 69.5 cm³/mol. The van der Waals surface area contributed by atoms with Crippen molar-refractivity contribution in [2.75, 3.05) is 37.9 Å². The van der Waals surface area contributed by atoms with Crippen molar-refractivity contribution in [3.8, 4) is 0 Å². The molecule has 0 atom stereocenters. The van der Waals surface area contributed by atoms with E-state index in [1.54, 1.807) is 7.11 Å². The number of para-hydroxylation sites is 1. The molecular formula is C12H16N4O. The fourth-order valence-electron chi connectivity index (χ4n) is 1.59. The first kappa shape index (κ1) is 11.6. The maximum absolute atomic E-state index is 5.01. The summed E-state index contributed by atoms with van der Waals surface area (Å²) in [5.41, 5.74) is 0.923.